The highest BCUT2D eigenvalue weighted by atomic mass is 32.2. The molecule has 2 aliphatic rings. The van der Waals surface area contributed by atoms with Crippen LogP contribution in [0.2, 0.25) is 0 Å². The molecule has 3 aromatic rings. The molecule has 0 atom stereocenters. The zero-order valence-electron chi connectivity index (χ0n) is 22.5. The van der Waals surface area contributed by atoms with Gasteiger partial charge in [-0.25, -0.2) is 12.7 Å². The van der Waals surface area contributed by atoms with Crippen LogP contribution in [0.4, 0.5) is 0 Å². The molecule has 216 valence electrons. The number of sulfonamides is 1. The Hall–Kier alpha value is -3.03. The van der Waals surface area contributed by atoms with Crippen LogP contribution in [0.15, 0.2) is 75.0 Å². The van der Waals surface area contributed by atoms with Gasteiger partial charge in [-0.05, 0) is 48.9 Å². The summed E-state index contributed by atoms with van der Waals surface area (Å²) in [6.07, 6.45) is 4.09. The smallest absolute Gasteiger partial charge is 0.294 e. The van der Waals surface area contributed by atoms with Gasteiger partial charge in [-0.3, -0.25) is 14.2 Å². The second kappa shape index (κ2) is 12.6. The number of hydrogen-bond donors (Lipinski definition) is 1. The first kappa shape index (κ1) is 29.9. The number of hydrogen-bond acceptors (Lipinski definition) is 8. The Morgan fingerprint density at radius 3 is 2.10 bits per heavy atom. The lowest BCUT2D eigenvalue weighted by Crippen LogP contribution is -2.39. The van der Waals surface area contributed by atoms with E-state index in [1.807, 2.05) is 19.1 Å². The lowest BCUT2D eigenvalue weighted by atomic mass is 9.99. The van der Waals surface area contributed by atoms with Crippen molar-refractivity contribution in [2.75, 3.05) is 26.0 Å². The SMILES string of the molecule is CS(=O)(=O)N1CCC(COc2coc(CN3Cc4ccccc4C3)cc2=O)CC1.Cc1ccc(S(=O)(=O)O)cc1. The number of piperidine rings is 1. The van der Waals surface area contributed by atoms with Crippen LogP contribution in [-0.2, 0) is 39.8 Å². The standard InChI is InChI=1S/C21H26N2O5S.C7H8O3S/c1-29(25,26)23-8-6-16(7-9-23)14-28-21-15-27-19(10-20(21)24)13-22-11-17-4-2-3-5-18(17)12-22;1-6-2-4-7(5-3-6)11(8,9)10/h2-5,10,15-16H,6-9,11-14H2,1H3;2-5H,1H3,(H,8,9,10). The molecule has 3 heterocycles. The third-order valence-corrected chi connectivity index (χ3v) is 9.14. The van der Waals surface area contributed by atoms with E-state index in [9.17, 15) is 21.6 Å². The van der Waals surface area contributed by atoms with Crippen molar-refractivity contribution >= 4 is 20.1 Å². The largest absolute Gasteiger partial charge is 0.486 e. The van der Waals surface area contributed by atoms with Crippen molar-refractivity contribution in [2.24, 2.45) is 5.92 Å². The second-order valence-corrected chi connectivity index (χ2v) is 13.6. The molecular formula is C28H34N2O8S2. The average Bonchev–Trinajstić information content (AvgIpc) is 3.30. The molecule has 1 N–H and O–H groups in total. The average molecular weight is 591 g/mol. The van der Waals surface area contributed by atoms with Crippen LogP contribution in [0.5, 0.6) is 5.75 Å². The van der Waals surface area contributed by atoms with Crippen LogP contribution >= 0.6 is 0 Å². The summed E-state index contributed by atoms with van der Waals surface area (Å²) in [4.78, 5) is 14.6. The van der Waals surface area contributed by atoms with E-state index in [4.69, 9.17) is 13.7 Å². The summed E-state index contributed by atoms with van der Waals surface area (Å²) in [6.45, 7) is 5.51. The minimum absolute atomic E-state index is 0.0666. The van der Waals surface area contributed by atoms with E-state index in [0.717, 1.165) is 31.5 Å². The van der Waals surface area contributed by atoms with Gasteiger partial charge >= 0.3 is 0 Å². The summed E-state index contributed by atoms with van der Waals surface area (Å²) in [6, 6.07) is 15.8. The van der Waals surface area contributed by atoms with Crippen molar-refractivity contribution in [2.45, 2.75) is 44.3 Å². The normalized spacial score (nSPS) is 16.7. The number of ether oxygens (including phenoxy) is 1. The molecule has 1 saturated heterocycles. The Morgan fingerprint density at radius 1 is 0.975 bits per heavy atom. The fourth-order valence-corrected chi connectivity index (χ4v) is 6.04. The van der Waals surface area contributed by atoms with E-state index in [-0.39, 0.29) is 22.0 Å². The zero-order chi connectivity index (χ0) is 28.9. The fourth-order valence-electron chi connectivity index (χ4n) is 4.69. The van der Waals surface area contributed by atoms with Crippen molar-refractivity contribution in [1.82, 2.24) is 9.21 Å². The van der Waals surface area contributed by atoms with E-state index < -0.39 is 20.1 Å². The Labute approximate surface area is 235 Å². The molecule has 1 fully saturated rings. The van der Waals surface area contributed by atoms with Crippen molar-refractivity contribution in [3.05, 3.63) is 93.5 Å². The summed E-state index contributed by atoms with van der Waals surface area (Å²) in [5.74, 6) is 1.07. The number of nitrogens with zero attached hydrogens (tertiary/aromatic N) is 2. The first-order valence-corrected chi connectivity index (χ1v) is 16.2. The van der Waals surface area contributed by atoms with Gasteiger partial charge in [0, 0.05) is 32.2 Å². The van der Waals surface area contributed by atoms with Crippen LogP contribution in [-0.4, -0.2) is 56.5 Å². The van der Waals surface area contributed by atoms with Gasteiger partial charge in [-0.15, -0.1) is 0 Å². The molecule has 0 aliphatic carbocycles. The molecule has 10 nitrogen and oxygen atoms in total. The maximum atomic E-state index is 12.4. The molecule has 0 unspecified atom stereocenters. The molecule has 2 aromatic carbocycles. The van der Waals surface area contributed by atoms with Gasteiger partial charge in [0.15, 0.2) is 0 Å². The number of aryl methyl sites for hydroxylation is 1. The Balaban J connectivity index is 0.000000283. The van der Waals surface area contributed by atoms with E-state index in [1.165, 1.54) is 46.2 Å². The summed E-state index contributed by atoms with van der Waals surface area (Å²) < 4.78 is 65.5. The molecule has 0 saturated carbocycles. The molecule has 0 amide bonds. The van der Waals surface area contributed by atoms with E-state index in [1.54, 1.807) is 12.1 Å². The van der Waals surface area contributed by atoms with Crippen molar-refractivity contribution in [3.8, 4) is 5.75 Å². The van der Waals surface area contributed by atoms with Gasteiger partial charge in [0.05, 0.1) is 24.3 Å². The van der Waals surface area contributed by atoms with E-state index >= 15 is 0 Å². The van der Waals surface area contributed by atoms with Crippen molar-refractivity contribution < 1.29 is 30.5 Å². The van der Waals surface area contributed by atoms with E-state index in [2.05, 4.69) is 17.0 Å². The van der Waals surface area contributed by atoms with Crippen LogP contribution < -0.4 is 10.2 Å². The third kappa shape index (κ3) is 8.24. The first-order valence-electron chi connectivity index (χ1n) is 12.9. The Bertz CT molecular complexity index is 1550. The predicted molar refractivity (Wildman–Crippen MR) is 150 cm³/mol. The quantitative estimate of drug-likeness (QED) is 0.411. The summed E-state index contributed by atoms with van der Waals surface area (Å²) in [7, 11) is -7.15. The van der Waals surface area contributed by atoms with E-state index in [0.29, 0.717) is 32.0 Å². The Kier molecular flexibility index (Phi) is 9.47. The number of fused-ring (bicyclic) bond motifs is 1. The van der Waals surface area contributed by atoms with Crippen LogP contribution in [0, 0.1) is 12.8 Å². The minimum atomic E-state index is -4.02. The van der Waals surface area contributed by atoms with Gasteiger partial charge < -0.3 is 9.15 Å². The second-order valence-electron chi connectivity index (χ2n) is 10.2. The molecule has 0 spiro atoms. The van der Waals surface area contributed by atoms with Crippen LogP contribution in [0.25, 0.3) is 0 Å². The molecule has 12 heteroatoms. The molecule has 5 rings (SSSR count). The maximum absolute atomic E-state index is 12.4. The summed E-state index contributed by atoms with van der Waals surface area (Å²) in [5.41, 5.74) is 3.40. The highest BCUT2D eigenvalue weighted by Gasteiger charge is 2.25. The minimum Gasteiger partial charge on any atom is -0.486 e. The van der Waals surface area contributed by atoms with Gasteiger partial charge in [-0.1, -0.05) is 42.0 Å². The highest BCUT2D eigenvalue weighted by molar-refractivity contribution is 7.88. The first-order chi connectivity index (χ1) is 18.9. The highest BCUT2D eigenvalue weighted by Crippen LogP contribution is 2.24. The molecule has 1 aromatic heterocycles. The maximum Gasteiger partial charge on any atom is 0.294 e. The fraction of sp³-hybridized carbons (Fsp3) is 0.393. The van der Waals surface area contributed by atoms with Gasteiger partial charge in [0.1, 0.15) is 12.0 Å². The lowest BCUT2D eigenvalue weighted by molar-refractivity contribution is 0.180. The molecular weight excluding hydrogens is 556 g/mol. The monoisotopic (exact) mass is 590 g/mol. The van der Waals surface area contributed by atoms with Crippen molar-refractivity contribution in [3.63, 3.8) is 0 Å². The van der Waals surface area contributed by atoms with Crippen LogP contribution in [0.3, 0.4) is 0 Å². The molecule has 40 heavy (non-hydrogen) atoms. The Morgan fingerprint density at radius 2 is 1.57 bits per heavy atom. The zero-order valence-corrected chi connectivity index (χ0v) is 24.2. The lowest BCUT2D eigenvalue weighted by Gasteiger charge is -2.29. The molecule has 2 aliphatic heterocycles. The van der Waals surface area contributed by atoms with Gasteiger partial charge in [0.25, 0.3) is 10.1 Å². The summed E-state index contributed by atoms with van der Waals surface area (Å²) >= 11 is 0. The predicted octanol–water partition coefficient (Wildman–Crippen LogP) is 3.45. The third-order valence-electron chi connectivity index (χ3n) is 6.97. The summed E-state index contributed by atoms with van der Waals surface area (Å²) in [5, 5.41) is 0. The van der Waals surface area contributed by atoms with Gasteiger partial charge in [0.2, 0.25) is 21.2 Å². The molecule has 0 bridgehead atoms. The number of rotatable bonds is 7. The van der Waals surface area contributed by atoms with Crippen LogP contribution in [0.1, 0.15) is 35.3 Å². The molecule has 0 radical (unpaired) electrons. The van der Waals surface area contributed by atoms with Gasteiger partial charge in [-0.2, -0.15) is 8.42 Å². The van der Waals surface area contributed by atoms with Crippen molar-refractivity contribution in [1.29, 1.82) is 0 Å². The number of benzene rings is 2. The topological polar surface area (TPSA) is 134 Å².